The second-order valence-corrected chi connectivity index (χ2v) is 7.00. The van der Waals surface area contributed by atoms with E-state index >= 15 is 0 Å². The molecule has 0 fully saturated rings. The minimum absolute atomic E-state index is 0.0201. The highest BCUT2D eigenvalue weighted by Crippen LogP contribution is 2.34. The first-order valence-electron chi connectivity index (χ1n) is 7.47. The summed E-state index contributed by atoms with van der Waals surface area (Å²) < 4.78 is 10.3. The van der Waals surface area contributed by atoms with Crippen molar-refractivity contribution in [3.63, 3.8) is 0 Å². The topological polar surface area (TPSA) is 93.7 Å². The van der Waals surface area contributed by atoms with E-state index in [1.165, 1.54) is 14.2 Å². The van der Waals surface area contributed by atoms with Crippen LogP contribution in [0.4, 0.5) is 10.7 Å². The highest BCUT2D eigenvalue weighted by molar-refractivity contribution is 9.10. The van der Waals surface area contributed by atoms with Crippen molar-refractivity contribution in [2.75, 3.05) is 31.4 Å². The Kier molecular flexibility index (Phi) is 6.76. The van der Waals surface area contributed by atoms with Gasteiger partial charge in [0.05, 0.1) is 26.3 Å². The van der Waals surface area contributed by atoms with Gasteiger partial charge >= 0.3 is 11.9 Å². The number of esters is 2. The van der Waals surface area contributed by atoms with Crippen molar-refractivity contribution in [1.29, 1.82) is 0 Å². The molecular formula is C17H17BrN2O5S. The average molecular weight is 441 g/mol. The number of benzene rings is 1. The van der Waals surface area contributed by atoms with Crippen LogP contribution in [-0.4, -0.2) is 38.6 Å². The quantitative estimate of drug-likeness (QED) is 0.668. The summed E-state index contributed by atoms with van der Waals surface area (Å²) in [5.74, 6) is -1.59. The summed E-state index contributed by atoms with van der Waals surface area (Å²) in [7, 11) is 2.48. The molecule has 2 rings (SSSR count). The van der Waals surface area contributed by atoms with Crippen molar-refractivity contribution in [1.82, 2.24) is 0 Å². The van der Waals surface area contributed by atoms with E-state index in [0.717, 1.165) is 21.5 Å². The zero-order chi connectivity index (χ0) is 19.3. The Morgan fingerprint density at radius 1 is 1.12 bits per heavy atom. The molecule has 0 unspecified atom stereocenters. The minimum Gasteiger partial charge on any atom is -0.465 e. The largest absolute Gasteiger partial charge is 0.465 e. The zero-order valence-electron chi connectivity index (χ0n) is 14.3. The Balaban J connectivity index is 2.19. The van der Waals surface area contributed by atoms with Gasteiger partial charge in [-0.05, 0) is 40.5 Å². The monoisotopic (exact) mass is 440 g/mol. The average Bonchev–Trinajstić information content (AvgIpc) is 2.95. The van der Waals surface area contributed by atoms with Gasteiger partial charge in [0.15, 0.2) is 0 Å². The summed E-state index contributed by atoms with van der Waals surface area (Å²) in [4.78, 5) is 36.4. The third-order valence-electron chi connectivity index (χ3n) is 3.47. The van der Waals surface area contributed by atoms with Crippen LogP contribution in [0.25, 0.3) is 0 Å². The number of carbonyl (C=O) groups is 3. The lowest BCUT2D eigenvalue weighted by Gasteiger charge is -2.09. The maximum absolute atomic E-state index is 12.3. The number of ether oxygens (including phenoxy) is 2. The van der Waals surface area contributed by atoms with Gasteiger partial charge < -0.3 is 20.1 Å². The van der Waals surface area contributed by atoms with Crippen LogP contribution in [-0.2, 0) is 14.3 Å². The van der Waals surface area contributed by atoms with Crippen molar-refractivity contribution in [2.24, 2.45) is 0 Å². The van der Waals surface area contributed by atoms with Gasteiger partial charge in [0, 0.05) is 10.2 Å². The van der Waals surface area contributed by atoms with Crippen LogP contribution in [0.15, 0.2) is 28.7 Å². The molecule has 0 aliphatic rings. The molecule has 0 aliphatic carbocycles. The molecule has 138 valence electrons. The molecule has 1 aromatic heterocycles. The summed E-state index contributed by atoms with van der Waals surface area (Å²) >= 11 is 4.36. The van der Waals surface area contributed by atoms with Crippen LogP contribution in [0.5, 0.6) is 0 Å². The fourth-order valence-corrected chi connectivity index (χ4v) is 3.74. The van der Waals surface area contributed by atoms with Crippen molar-refractivity contribution in [2.45, 2.75) is 6.92 Å². The summed E-state index contributed by atoms with van der Waals surface area (Å²) in [6.07, 6.45) is 0. The SMILES string of the molecule is COC(=O)c1sc(NC(=O)CNc2ccccc2Br)c(C(=O)OC)c1C. The molecule has 2 aromatic rings. The highest BCUT2D eigenvalue weighted by Gasteiger charge is 2.26. The summed E-state index contributed by atoms with van der Waals surface area (Å²) in [5.41, 5.74) is 1.31. The van der Waals surface area contributed by atoms with E-state index in [9.17, 15) is 14.4 Å². The number of amides is 1. The maximum Gasteiger partial charge on any atom is 0.348 e. The molecule has 0 saturated heterocycles. The van der Waals surface area contributed by atoms with Crippen LogP contribution in [0.1, 0.15) is 25.6 Å². The van der Waals surface area contributed by atoms with Crippen molar-refractivity contribution in [3.05, 3.63) is 44.7 Å². The fraction of sp³-hybridized carbons (Fsp3) is 0.235. The van der Waals surface area contributed by atoms with Gasteiger partial charge in [0.2, 0.25) is 5.91 Å². The van der Waals surface area contributed by atoms with Gasteiger partial charge in [-0.15, -0.1) is 11.3 Å². The first-order valence-corrected chi connectivity index (χ1v) is 9.08. The van der Waals surface area contributed by atoms with E-state index in [1.54, 1.807) is 6.92 Å². The third kappa shape index (κ3) is 4.41. The predicted molar refractivity (Wildman–Crippen MR) is 103 cm³/mol. The second kappa shape index (κ2) is 8.81. The highest BCUT2D eigenvalue weighted by atomic mass is 79.9. The molecule has 26 heavy (non-hydrogen) atoms. The molecule has 2 N–H and O–H groups in total. The number of halogens is 1. The number of hydrogen-bond donors (Lipinski definition) is 2. The van der Waals surface area contributed by atoms with Crippen LogP contribution in [0.2, 0.25) is 0 Å². The second-order valence-electron chi connectivity index (χ2n) is 5.13. The predicted octanol–water partition coefficient (Wildman–Crippen LogP) is 3.44. The Morgan fingerprint density at radius 2 is 1.77 bits per heavy atom. The van der Waals surface area contributed by atoms with E-state index in [1.807, 2.05) is 24.3 Å². The number of para-hydroxylation sites is 1. The van der Waals surface area contributed by atoms with Gasteiger partial charge in [-0.3, -0.25) is 4.79 Å². The minimum atomic E-state index is -0.636. The molecular weight excluding hydrogens is 424 g/mol. The number of methoxy groups -OCH3 is 2. The van der Waals surface area contributed by atoms with Crippen molar-refractivity contribution < 1.29 is 23.9 Å². The number of hydrogen-bond acceptors (Lipinski definition) is 7. The summed E-state index contributed by atoms with van der Waals surface area (Å²) in [5, 5.41) is 5.88. The zero-order valence-corrected chi connectivity index (χ0v) is 16.7. The van der Waals surface area contributed by atoms with E-state index < -0.39 is 11.9 Å². The van der Waals surface area contributed by atoms with E-state index in [4.69, 9.17) is 9.47 Å². The third-order valence-corrected chi connectivity index (χ3v) is 5.35. The lowest BCUT2D eigenvalue weighted by atomic mass is 10.1. The van der Waals surface area contributed by atoms with Crippen LogP contribution < -0.4 is 10.6 Å². The van der Waals surface area contributed by atoms with E-state index in [-0.39, 0.29) is 27.9 Å². The molecule has 1 heterocycles. The number of rotatable bonds is 6. The molecule has 0 atom stereocenters. The molecule has 7 nitrogen and oxygen atoms in total. The molecule has 1 amide bonds. The molecule has 1 aromatic carbocycles. The van der Waals surface area contributed by atoms with Crippen LogP contribution in [0.3, 0.4) is 0 Å². The number of anilines is 2. The standard InChI is InChI=1S/C17H17BrN2O5S/c1-9-13(16(22)24-2)15(26-14(9)17(23)25-3)20-12(21)8-19-11-7-5-4-6-10(11)18/h4-7,19H,8H2,1-3H3,(H,20,21). The first-order chi connectivity index (χ1) is 12.4. The number of carbonyl (C=O) groups excluding carboxylic acids is 3. The Labute approximate surface area is 162 Å². The normalized spacial score (nSPS) is 10.2. The molecule has 0 bridgehead atoms. The van der Waals surface area contributed by atoms with Gasteiger partial charge in [-0.1, -0.05) is 12.1 Å². The molecule has 9 heteroatoms. The summed E-state index contributed by atoms with van der Waals surface area (Å²) in [6, 6.07) is 7.37. The molecule has 0 aliphatic heterocycles. The Morgan fingerprint density at radius 3 is 2.38 bits per heavy atom. The van der Waals surface area contributed by atoms with E-state index in [2.05, 4.69) is 26.6 Å². The van der Waals surface area contributed by atoms with Crippen molar-refractivity contribution >= 4 is 55.8 Å². The molecule has 0 saturated carbocycles. The maximum atomic E-state index is 12.3. The number of nitrogens with one attached hydrogen (secondary N) is 2. The van der Waals surface area contributed by atoms with Gasteiger partial charge in [0.25, 0.3) is 0 Å². The van der Waals surface area contributed by atoms with Crippen molar-refractivity contribution in [3.8, 4) is 0 Å². The van der Waals surface area contributed by atoms with Gasteiger partial charge in [-0.2, -0.15) is 0 Å². The van der Waals surface area contributed by atoms with E-state index in [0.29, 0.717) is 5.56 Å². The summed E-state index contributed by atoms with van der Waals surface area (Å²) in [6.45, 7) is 1.58. The van der Waals surface area contributed by atoms with Crippen LogP contribution >= 0.6 is 27.3 Å². The lowest BCUT2D eigenvalue weighted by Crippen LogP contribution is -2.22. The van der Waals surface area contributed by atoms with Crippen LogP contribution in [0, 0.1) is 6.92 Å². The lowest BCUT2D eigenvalue weighted by molar-refractivity contribution is -0.114. The Bertz CT molecular complexity index is 850. The fourth-order valence-electron chi connectivity index (χ4n) is 2.19. The van der Waals surface area contributed by atoms with Gasteiger partial charge in [0.1, 0.15) is 9.88 Å². The van der Waals surface area contributed by atoms with Gasteiger partial charge in [-0.25, -0.2) is 9.59 Å². The number of thiophene rings is 1. The first kappa shape index (κ1) is 19.9. The Hall–Kier alpha value is -2.39. The molecule has 0 radical (unpaired) electrons. The molecule has 0 spiro atoms. The smallest absolute Gasteiger partial charge is 0.348 e.